The van der Waals surface area contributed by atoms with Crippen LogP contribution in [0.4, 0.5) is 11.4 Å². The van der Waals surface area contributed by atoms with Crippen molar-refractivity contribution < 1.29 is 13.2 Å². The quantitative estimate of drug-likeness (QED) is 0.462. The number of nitrogens with one attached hydrogen (secondary N) is 2. The smallest absolute Gasteiger partial charge is 0.301 e. The first-order chi connectivity index (χ1) is 15.9. The highest BCUT2D eigenvalue weighted by atomic mass is 35.5. The number of anilines is 2. The molecule has 0 spiro atoms. The maximum absolute atomic E-state index is 12.8. The monoisotopic (exact) mass is 479 g/mol. The molecule has 0 aliphatic carbocycles. The Morgan fingerprint density at radius 3 is 2.61 bits per heavy atom. The number of carbonyl (C=O) groups is 1. The number of halogens is 1. The summed E-state index contributed by atoms with van der Waals surface area (Å²) in [6.07, 6.45) is 1.71. The van der Waals surface area contributed by atoms with E-state index in [2.05, 4.69) is 20.0 Å². The van der Waals surface area contributed by atoms with Gasteiger partial charge in [0.15, 0.2) is 0 Å². The fourth-order valence-corrected chi connectivity index (χ4v) is 5.08. The maximum atomic E-state index is 12.8. The summed E-state index contributed by atoms with van der Waals surface area (Å²) in [5.74, 6) is -0.326. The fraction of sp³-hybridized carbons (Fsp3) is 0.0870. The standard InChI is InChI=1S/C23H18ClN5O3S/c24-19-8-5-16(14-18(19)20-9-10-21-22(28-20)2-1-11-25-21)27-23(30)15-3-6-17(7-4-15)29-13-12-26-33(29,31)32/h1-11,14,26H,12-13H2,(H,27,30). The van der Waals surface area contributed by atoms with Crippen LogP contribution in [0.5, 0.6) is 0 Å². The molecule has 8 nitrogen and oxygen atoms in total. The van der Waals surface area contributed by atoms with Crippen LogP contribution in [0.2, 0.25) is 5.02 Å². The Morgan fingerprint density at radius 1 is 1.03 bits per heavy atom. The Bertz CT molecular complexity index is 1480. The number of rotatable bonds is 4. The fourth-order valence-electron chi connectivity index (χ4n) is 3.63. The lowest BCUT2D eigenvalue weighted by Crippen LogP contribution is -2.29. The molecule has 0 atom stereocenters. The van der Waals surface area contributed by atoms with E-state index in [-0.39, 0.29) is 5.91 Å². The Hall–Kier alpha value is -3.53. The summed E-state index contributed by atoms with van der Waals surface area (Å²) in [5.41, 5.74) is 4.34. The molecule has 0 unspecified atom stereocenters. The average molecular weight is 480 g/mol. The Balaban J connectivity index is 1.37. The van der Waals surface area contributed by atoms with Crippen LogP contribution in [0.15, 0.2) is 72.9 Å². The maximum Gasteiger partial charge on any atom is 0.301 e. The molecule has 1 amide bonds. The van der Waals surface area contributed by atoms with E-state index in [9.17, 15) is 13.2 Å². The van der Waals surface area contributed by atoms with Crippen LogP contribution >= 0.6 is 11.6 Å². The number of fused-ring (bicyclic) bond motifs is 1. The lowest BCUT2D eigenvalue weighted by molar-refractivity contribution is 0.102. The molecule has 1 fully saturated rings. The molecule has 3 heterocycles. The van der Waals surface area contributed by atoms with Crippen molar-refractivity contribution in [3.63, 3.8) is 0 Å². The molecule has 4 aromatic rings. The molecule has 0 bridgehead atoms. The predicted octanol–water partition coefficient (Wildman–Crippen LogP) is 3.86. The van der Waals surface area contributed by atoms with Crippen LogP contribution in [0.3, 0.4) is 0 Å². The highest BCUT2D eigenvalue weighted by molar-refractivity contribution is 7.91. The summed E-state index contributed by atoms with van der Waals surface area (Å²) in [5, 5.41) is 3.36. The van der Waals surface area contributed by atoms with E-state index in [0.29, 0.717) is 46.3 Å². The second-order valence-corrected chi connectivity index (χ2v) is 9.49. The van der Waals surface area contributed by atoms with Crippen molar-refractivity contribution >= 4 is 50.1 Å². The number of nitrogens with zero attached hydrogens (tertiary/aromatic N) is 3. The van der Waals surface area contributed by atoms with Gasteiger partial charge in [0.05, 0.1) is 27.4 Å². The minimum atomic E-state index is -3.51. The summed E-state index contributed by atoms with van der Waals surface area (Å²) in [7, 11) is -3.51. The van der Waals surface area contributed by atoms with E-state index in [1.165, 1.54) is 4.31 Å². The van der Waals surface area contributed by atoms with Crippen molar-refractivity contribution in [1.82, 2.24) is 14.7 Å². The minimum Gasteiger partial charge on any atom is -0.322 e. The van der Waals surface area contributed by atoms with Gasteiger partial charge in [-0.2, -0.15) is 13.1 Å². The van der Waals surface area contributed by atoms with Gasteiger partial charge < -0.3 is 5.32 Å². The summed E-state index contributed by atoms with van der Waals surface area (Å²) in [6.45, 7) is 0.701. The van der Waals surface area contributed by atoms with Crippen LogP contribution in [-0.2, 0) is 10.2 Å². The molecule has 1 saturated heterocycles. The zero-order chi connectivity index (χ0) is 23.0. The van der Waals surface area contributed by atoms with E-state index < -0.39 is 10.2 Å². The average Bonchev–Trinajstić information content (AvgIpc) is 3.19. The Morgan fingerprint density at radius 2 is 1.85 bits per heavy atom. The van der Waals surface area contributed by atoms with Crippen LogP contribution in [-0.4, -0.2) is 37.4 Å². The van der Waals surface area contributed by atoms with Gasteiger partial charge in [0, 0.05) is 36.1 Å². The van der Waals surface area contributed by atoms with Crippen molar-refractivity contribution in [2.45, 2.75) is 0 Å². The van der Waals surface area contributed by atoms with E-state index in [4.69, 9.17) is 11.6 Å². The number of hydrogen-bond donors (Lipinski definition) is 2. The summed E-state index contributed by atoms with van der Waals surface area (Å²) >= 11 is 6.41. The topological polar surface area (TPSA) is 104 Å². The van der Waals surface area contributed by atoms with Gasteiger partial charge in [0.25, 0.3) is 5.91 Å². The van der Waals surface area contributed by atoms with Gasteiger partial charge in [-0.05, 0) is 66.7 Å². The number of aromatic nitrogens is 2. The van der Waals surface area contributed by atoms with Crippen molar-refractivity contribution in [1.29, 1.82) is 0 Å². The van der Waals surface area contributed by atoms with Gasteiger partial charge in [-0.15, -0.1) is 0 Å². The number of carbonyl (C=O) groups excluding carboxylic acids is 1. The molecular weight excluding hydrogens is 462 g/mol. The van der Waals surface area contributed by atoms with Gasteiger partial charge in [0.1, 0.15) is 0 Å². The molecule has 33 heavy (non-hydrogen) atoms. The second-order valence-electron chi connectivity index (χ2n) is 7.41. The highest BCUT2D eigenvalue weighted by Crippen LogP contribution is 2.30. The number of benzene rings is 2. The highest BCUT2D eigenvalue weighted by Gasteiger charge is 2.27. The third-order valence-corrected chi connectivity index (χ3v) is 7.14. The molecule has 1 aliphatic rings. The zero-order valence-electron chi connectivity index (χ0n) is 17.2. The zero-order valence-corrected chi connectivity index (χ0v) is 18.8. The second kappa shape index (κ2) is 8.43. The number of pyridine rings is 2. The van der Waals surface area contributed by atoms with Crippen molar-refractivity contribution in [2.24, 2.45) is 0 Å². The normalized spacial score (nSPS) is 15.0. The third-order valence-electron chi connectivity index (χ3n) is 5.26. The van der Waals surface area contributed by atoms with E-state index in [1.807, 2.05) is 24.3 Å². The van der Waals surface area contributed by atoms with Crippen molar-refractivity contribution in [3.05, 3.63) is 83.5 Å². The molecule has 10 heteroatoms. The SMILES string of the molecule is O=C(Nc1ccc(Cl)c(-c2ccc3ncccc3n2)c1)c1ccc(N2CCNS2(=O)=O)cc1. The third kappa shape index (κ3) is 4.25. The van der Waals surface area contributed by atoms with Crippen LogP contribution in [0, 0.1) is 0 Å². The summed E-state index contributed by atoms with van der Waals surface area (Å²) in [4.78, 5) is 21.7. The molecule has 2 aromatic carbocycles. The first-order valence-corrected chi connectivity index (χ1v) is 11.9. The molecule has 0 saturated carbocycles. The minimum absolute atomic E-state index is 0.326. The lowest BCUT2D eigenvalue weighted by Gasteiger charge is -2.16. The van der Waals surface area contributed by atoms with Crippen molar-refractivity contribution in [2.75, 3.05) is 22.7 Å². The molecule has 2 N–H and O–H groups in total. The van der Waals surface area contributed by atoms with Crippen LogP contribution in [0.1, 0.15) is 10.4 Å². The predicted molar refractivity (Wildman–Crippen MR) is 129 cm³/mol. The van der Waals surface area contributed by atoms with Gasteiger partial charge in [-0.1, -0.05) is 11.6 Å². The Labute approximate surface area is 195 Å². The summed E-state index contributed by atoms with van der Waals surface area (Å²) in [6, 6.07) is 19.0. The van der Waals surface area contributed by atoms with E-state index >= 15 is 0 Å². The molecule has 0 radical (unpaired) electrons. The van der Waals surface area contributed by atoms with Crippen LogP contribution in [0.25, 0.3) is 22.3 Å². The largest absolute Gasteiger partial charge is 0.322 e. The Kier molecular flexibility index (Phi) is 5.45. The number of hydrogen-bond acceptors (Lipinski definition) is 5. The molecule has 2 aromatic heterocycles. The van der Waals surface area contributed by atoms with Crippen molar-refractivity contribution in [3.8, 4) is 11.3 Å². The first kappa shape index (κ1) is 21.3. The molecular formula is C23H18ClN5O3S. The first-order valence-electron chi connectivity index (χ1n) is 10.1. The number of amides is 1. The van der Waals surface area contributed by atoms with Gasteiger partial charge in [0.2, 0.25) is 0 Å². The van der Waals surface area contributed by atoms with E-state index in [0.717, 1.165) is 11.0 Å². The van der Waals surface area contributed by atoms with Gasteiger partial charge >= 0.3 is 10.2 Å². The van der Waals surface area contributed by atoms with Crippen LogP contribution < -0.4 is 14.3 Å². The molecule has 166 valence electrons. The van der Waals surface area contributed by atoms with Gasteiger partial charge in [-0.25, -0.2) is 4.98 Å². The molecule has 1 aliphatic heterocycles. The van der Waals surface area contributed by atoms with E-state index in [1.54, 1.807) is 48.7 Å². The summed E-state index contributed by atoms with van der Waals surface area (Å²) < 4.78 is 27.7. The van der Waals surface area contributed by atoms with Gasteiger partial charge in [-0.3, -0.25) is 14.1 Å². The lowest BCUT2D eigenvalue weighted by atomic mass is 10.1. The molecule has 5 rings (SSSR count).